The zero-order valence-electron chi connectivity index (χ0n) is 16.7. The van der Waals surface area contributed by atoms with Crippen molar-refractivity contribution in [1.82, 2.24) is 0 Å². The number of rotatable bonds is 4. The van der Waals surface area contributed by atoms with Gasteiger partial charge in [0.2, 0.25) is 0 Å². The average Bonchev–Trinajstić information content (AvgIpc) is 2.75. The Morgan fingerprint density at radius 3 is 2.45 bits per heavy atom. The SMILES string of the molecule is CCOC(=O)C1=C(O)CC2=C(CCCC2=Cc2ccccc2)C1c1ccccc1. The van der Waals surface area contributed by atoms with Crippen molar-refractivity contribution in [1.29, 1.82) is 0 Å². The summed E-state index contributed by atoms with van der Waals surface area (Å²) in [6, 6.07) is 20.3. The lowest BCUT2D eigenvalue weighted by atomic mass is 9.70. The minimum atomic E-state index is -0.412. The zero-order chi connectivity index (χ0) is 20.2. The molecular weight excluding hydrogens is 360 g/mol. The van der Waals surface area contributed by atoms with Gasteiger partial charge in [-0.1, -0.05) is 72.3 Å². The number of hydrogen-bond acceptors (Lipinski definition) is 3. The van der Waals surface area contributed by atoms with Gasteiger partial charge < -0.3 is 9.84 Å². The molecule has 0 radical (unpaired) electrons. The fourth-order valence-corrected chi connectivity index (χ4v) is 4.49. The quantitative estimate of drug-likeness (QED) is 0.645. The van der Waals surface area contributed by atoms with E-state index >= 15 is 0 Å². The molecule has 2 aliphatic rings. The first-order valence-electron chi connectivity index (χ1n) is 10.3. The van der Waals surface area contributed by atoms with Gasteiger partial charge in [-0.3, -0.25) is 0 Å². The lowest BCUT2D eigenvalue weighted by molar-refractivity contribution is -0.139. The van der Waals surface area contributed by atoms with Gasteiger partial charge in [-0.2, -0.15) is 0 Å². The van der Waals surface area contributed by atoms with Gasteiger partial charge in [0.1, 0.15) is 5.76 Å². The molecule has 29 heavy (non-hydrogen) atoms. The molecule has 148 valence electrons. The van der Waals surface area contributed by atoms with Gasteiger partial charge in [-0.25, -0.2) is 4.79 Å². The lowest BCUT2D eigenvalue weighted by Crippen LogP contribution is -2.25. The average molecular weight is 386 g/mol. The molecule has 0 amide bonds. The third-order valence-electron chi connectivity index (χ3n) is 5.73. The highest BCUT2D eigenvalue weighted by molar-refractivity contribution is 5.92. The van der Waals surface area contributed by atoms with Crippen molar-refractivity contribution >= 4 is 12.0 Å². The monoisotopic (exact) mass is 386 g/mol. The maximum atomic E-state index is 12.8. The van der Waals surface area contributed by atoms with Crippen molar-refractivity contribution in [2.24, 2.45) is 0 Å². The van der Waals surface area contributed by atoms with Crippen molar-refractivity contribution in [2.45, 2.75) is 38.5 Å². The van der Waals surface area contributed by atoms with E-state index in [0.29, 0.717) is 18.6 Å². The number of allylic oxidation sites excluding steroid dienone is 3. The Balaban J connectivity index is 1.83. The summed E-state index contributed by atoms with van der Waals surface area (Å²) in [6.45, 7) is 2.09. The molecule has 0 saturated carbocycles. The minimum absolute atomic E-state index is 0.136. The zero-order valence-corrected chi connectivity index (χ0v) is 16.7. The first-order chi connectivity index (χ1) is 14.2. The molecule has 2 aromatic carbocycles. The molecule has 4 rings (SSSR count). The number of carbonyl (C=O) groups excluding carboxylic acids is 1. The molecule has 2 aliphatic carbocycles. The normalized spacial score (nSPS) is 20.6. The Bertz CT molecular complexity index is 981. The number of ether oxygens (including phenoxy) is 1. The highest BCUT2D eigenvalue weighted by atomic mass is 16.5. The van der Waals surface area contributed by atoms with E-state index in [-0.39, 0.29) is 11.7 Å². The maximum absolute atomic E-state index is 12.8. The summed E-state index contributed by atoms with van der Waals surface area (Å²) in [5.74, 6) is -0.528. The number of esters is 1. The van der Waals surface area contributed by atoms with Gasteiger partial charge in [-0.05, 0) is 48.5 Å². The first kappa shape index (κ1) is 19.3. The maximum Gasteiger partial charge on any atom is 0.338 e. The summed E-state index contributed by atoms with van der Waals surface area (Å²) >= 11 is 0. The molecule has 2 aromatic rings. The standard InChI is InChI=1S/C26H26O3/c1-2-29-26(28)25-23(27)17-22-20(16-18-10-5-3-6-11-18)14-9-15-21(22)24(25)19-12-7-4-8-13-19/h3-8,10-13,16,24,27H,2,9,14-15,17H2,1H3. The van der Waals surface area contributed by atoms with Crippen molar-refractivity contribution in [3.05, 3.63) is 99.8 Å². The Kier molecular flexibility index (Phi) is 5.66. The second kappa shape index (κ2) is 8.52. The van der Waals surface area contributed by atoms with E-state index in [1.165, 1.54) is 16.7 Å². The van der Waals surface area contributed by atoms with Crippen LogP contribution in [0.1, 0.15) is 49.7 Å². The van der Waals surface area contributed by atoms with Crippen LogP contribution in [0.5, 0.6) is 0 Å². The fraction of sp³-hybridized carbons (Fsp3) is 0.269. The van der Waals surface area contributed by atoms with Crippen LogP contribution in [0.3, 0.4) is 0 Å². The van der Waals surface area contributed by atoms with Crippen LogP contribution in [0.4, 0.5) is 0 Å². The van der Waals surface area contributed by atoms with Crippen molar-refractivity contribution < 1.29 is 14.6 Å². The highest BCUT2D eigenvalue weighted by Gasteiger charge is 2.37. The van der Waals surface area contributed by atoms with Crippen molar-refractivity contribution in [2.75, 3.05) is 6.61 Å². The molecular formula is C26H26O3. The molecule has 0 bridgehead atoms. The summed E-state index contributed by atoms with van der Waals surface area (Å²) in [6.07, 6.45) is 5.57. The predicted octanol–water partition coefficient (Wildman–Crippen LogP) is 6.11. The fourth-order valence-electron chi connectivity index (χ4n) is 4.49. The van der Waals surface area contributed by atoms with Crippen LogP contribution >= 0.6 is 0 Å². The van der Waals surface area contributed by atoms with Crippen LogP contribution in [-0.4, -0.2) is 17.7 Å². The molecule has 3 heteroatoms. The number of benzene rings is 2. The Morgan fingerprint density at radius 2 is 1.76 bits per heavy atom. The molecule has 1 N–H and O–H groups in total. The van der Waals surface area contributed by atoms with Crippen molar-refractivity contribution in [3.63, 3.8) is 0 Å². The molecule has 0 aliphatic heterocycles. The van der Waals surface area contributed by atoms with Gasteiger partial charge in [-0.15, -0.1) is 0 Å². The summed E-state index contributed by atoms with van der Waals surface area (Å²) in [5.41, 5.74) is 6.26. The number of aliphatic hydroxyl groups is 1. The van der Waals surface area contributed by atoms with E-state index in [2.05, 4.69) is 18.2 Å². The van der Waals surface area contributed by atoms with Crippen LogP contribution in [0.15, 0.2) is 88.7 Å². The topological polar surface area (TPSA) is 46.5 Å². The van der Waals surface area contributed by atoms with E-state index in [1.54, 1.807) is 6.92 Å². The predicted molar refractivity (Wildman–Crippen MR) is 115 cm³/mol. The van der Waals surface area contributed by atoms with E-state index in [1.807, 2.05) is 48.5 Å². The van der Waals surface area contributed by atoms with Crippen LogP contribution in [0.2, 0.25) is 0 Å². The molecule has 0 fully saturated rings. The largest absolute Gasteiger partial charge is 0.511 e. The summed E-state index contributed by atoms with van der Waals surface area (Å²) in [5, 5.41) is 10.9. The number of carbonyl (C=O) groups is 1. The van der Waals surface area contributed by atoms with Gasteiger partial charge in [0.15, 0.2) is 0 Å². The van der Waals surface area contributed by atoms with E-state index < -0.39 is 5.97 Å². The molecule has 0 saturated heterocycles. The smallest absolute Gasteiger partial charge is 0.338 e. The lowest BCUT2D eigenvalue weighted by Gasteiger charge is -2.34. The minimum Gasteiger partial charge on any atom is -0.511 e. The molecule has 0 heterocycles. The summed E-state index contributed by atoms with van der Waals surface area (Å²) in [4.78, 5) is 12.8. The second-order valence-corrected chi connectivity index (χ2v) is 7.54. The Morgan fingerprint density at radius 1 is 1.07 bits per heavy atom. The molecule has 3 nitrogen and oxygen atoms in total. The van der Waals surface area contributed by atoms with Gasteiger partial charge in [0.05, 0.1) is 12.2 Å². The molecule has 1 unspecified atom stereocenters. The van der Waals surface area contributed by atoms with Crippen LogP contribution < -0.4 is 0 Å². The van der Waals surface area contributed by atoms with E-state index in [0.717, 1.165) is 30.4 Å². The molecule has 0 spiro atoms. The summed E-state index contributed by atoms with van der Waals surface area (Å²) in [7, 11) is 0. The van der Waals surface area contributed by atoms with Gasteiger partial charge >= 0.3 is 5.97 Å². The molecule has 1 atom stereocenters. The first-order valence-corrected chi connectivity index (χ1v) is 10.3. The van der Waals surface area contributed by atoms with Gasteiger partial charge in [0.25, 0.3) is 0 Å². The van der Waals surface area contributed by atoms with Crippen molar-refractivity contribution in [3.8, 4) is 0 Å². The third-order valence-corrected chi connectivity index (χ3v) is 5.73. The van der Waals surface area contributed by atoms with Crippen LogP contribution in [-0.2, 0) is 9.53 Å². The Labute approximate surface area is 172 Å². The number of aliphatic hydroxyl groups excluding tert-OH is 1. The second-order valence-electron chi connectivity index (χ2n) is 7.54. The van der Waals surface area contributed by atoms with Gasteiger partial charge in [0, 0.05) is 12.3 Å². The number of hydrogen-bond donors (Lipinski definition) is 1. The Hall–Kier alpha value is -3.07. The van der Waals surface area contributed by atoms with E-state index in [4.69, 9.17) is 4.74 Å². The van der Waals surface area contributed by atoms with Crippen LogP contribution in [0, 0.1) is 0 Å². The highest BCUT2D eigenvalue weighted by Crippen LogP contribution is 2.48. The summed E-state index contributed by atoms with van der Waals surface area (Å²) < 4.78 is 5.31. The molecule has 0 aromatic heterocycles. The van der Waals surface area contributed by atoms with E-state index in [9.17, 15) is 9.90 Å². The van der Waals surface area contributed by atoms with Crippen LogP contribution in [0.25, 0.3) is 6.08 Å². The third kappa shape index (κ3) is 3.91.